The Labute approximate surface area is 221 Å². The molecule has 0 saturated carbocycles. The molecule has 0 aliphatic carbocycles. The van der Waals surface area contributed by atoms with E-state index < -0.39 is 29.9 Å². The first-order valence-electron chi connectivity index (χ1n) is 12.0. The third-order valence-electron chi connectivity index (χ3n) is 5.17. The zero-order valence-corrected chi connectivity index (χ0v) is 22.1. The second-order valence-corrected chi connectivity index (χ2v) is 10.5. The Morgan fingerprint density at radius 1 is 1.03 bits per heavy atom. The summed E-state index contributed by atoms with van der Waals surface area (Å²) < 4.78 is 10.7. The van der Waals surface area contributed by atoms with Gasteiger partial charge < -0.3 is 19.9 Å². The SMILES string of the molecule is CC(C)(C)OC(=O)NN(Cc1ccccc1)C[C@H](O)[C@H](Cc1ccccc1)NC(=O)OCc1cncs1. The fourth-order valence-electron chi connectivity index (χ4n) is 3.53. The molecule has 0 radical (unpaired) electrons. The van der Waals surface area contributed by atoms with E-state index in [9.17, 15) is 14.7 Å². The number of hydrogen-bond donors (Lipinski definition) is 3. The average molecular weight is 527 g/mol. The molecule has 37 heavy (non-hydrogen) atoms. The van der Waals surface area contributed by atoms with Crippen LogP contribution in [0.2, 0.25) is 0 Å². The van der Waals surface area contributed by atoms with Crippen molar-refractivity contribution in [1.82, 2.24) is 20.7 Å². The number of thiazole rings is 1. The first-order valence-corrected chi connectivity index (χ1v) is 12.9. The maximum Gasteiger partial charge on any atom is 0.422 e. The van der Waals surface area contributed by atoms with E-state index >= 15 is 0 Å². The number of nitrogens with zero attached hydrogens (tertiary/aromatic N) is 2. The Bertz CT molecular complexity index is 1090. The molecule has 0 fully saturated rings. The number of ether oxygens (including phenoxy) is 2. The van der Waals surface area contributed by atoms with Gasteiger partial charge in [0.2, 0.25) is 0 Å². The van der Waals surface area contributed by atoms with Crippen LogP contribution in [0.3, 0.4) is 0 Å². The van der Waals surface area contributed by atoms with E-state index in [1.165, 1.54) is 11.3 Å². The monoisotopic (exact) mass is 526 g/mol. The molecular formula is C27H34N4O5S. The highest BCUT2D eigenvalue weighted by Gasteiger charge is 2.27. The highest BCUT2D eigenvalue weighted by Crippen LogP contribution is 2.12. The lowest BCUT2D eigenvalue weighted by molar-refractivity contribution is 0.0141. The summed E-state index contributed by atoms with van der Waals surface area (Å²) in [6.45, 7) is 5.78. The molecule has 0 saturated heterocycles. The summed E-state index contributed by atoms with van der Waals surface area (Å²) in [5.74, 6) is 0. The molecular weight excluding hydrogens is 492 g/mol. The number of aliphatic hydroxyl groups is 1. The smallest absolute Gasteiger partial charge is 0.422 e. The minimum atomic E-state index is -1.05. The molecule has 3 N–H and O–H groups in total. The van der Waals surface area contributed by atoms with E-state index in [0.29, 0.717) is 13.0 Å². The maximum atomic E-state index is 12.6. The van der Waals surface area contributed by atoms with Crippen molar-refractivity contribution >= 4 is 23.5 Å². The summed E-state index contributed by atoms with van der Waals surface area (Å²) in [6, 6.07) is 18.4. The van der Waals surface area contributed by atoms with Gasteiger partial charge in [-0.15, -0.1) is 11.3 Å². The summed E-state index contributed by atoms with van der Waals surface area (Å²) in [5.41, 5.74) is 5.58. The summed E-state index contributed by atoms with van der Waals surface area (Å²) in [4.78, 5) is 29.9. The molecule has 3 rings (SSSR count). The van der Waals surface area contributed by atoms with E-state index in [4.69, 9.17) is 9.47 Å². The van der Waals surface area contributed by atoms with Crippen molar-refractivity contribution < 1.29 is 24.2 Å². The van der Waals surface area contributed by atoms with Crippen LogP contribution >= 0.6 is 11.3 Å². The summed E-state index contributed by atoms with van der Waals surface area (Å²) in [6.07, 6.45) is -0.327. The van der Waals surface area contributed by atoms with Crippen molar-refractivity contribution in [2.75, 3.05) is 6.54 Å². The molecule has 2 atom stereocenters. The number of hydrazine groups is 1. The molecule has 198 valence electrons. The first kappa shape index (κ1) is 28.1. The zero-order valence-electron chi connectivity index (χ0n) is 21.3. The van der Waals surface area contributed by atoms with E-state index in [0.717, 1.165) is 16.0 Å². The number of amides is 2. The van der Waals surface area contributed by atoms with Gasteiger partial charge in [0.25, 0.3) is 0 Å². The average Bonchev–Trinajstić information content (AvgIpc) is 3.36. The van der Waals surface area contributed by atoms with Crippen molar-refractivity contribution in [3.8, 4) is 0 Å². The molecule has 10 heteroatoms. The lowest BCUT2D eigenvalue weighted by atomic mass is 10.0. The van der Waals surface area contributed by atoms with Crippen molar-refractivity contribution in [3.63, 3.8) is 0 Å². The van der Waals surface area contributed by atoms with E-state index in [-0.39, 0.29) is 13.2 Å². The first-order chi connectivity index (χ1) is 17.7. The Morgan fingerprint density at radius 3 is 2.27 bits per heavy atom. The molecule has 0 aliphatic heterocycles. The molecule has 0 bridgehead atoms. The van der Waals surface area contributed by atoms with Crippen LogP contribution < -0.4 is 10.7 Å². The van der Waals surface area contributed by atoms with Gasteiger partial charge in [0.05, 0.1) is 22.5 Å². The highest BCUT2D eigenvalue weighted by atomic mass is 32.1. The molecule has 2 amide bonds. The van der Waals surface area contributed by atoms with Gasteiger partial charge in [0.15, 0.2) is 0 Å². The van der Waals surface area contributed by atoms with Gasteiger partial charge in [-0.3, -0.25) is 10.4 Å². The molecule has 1 aromatic heterocycles. The van der Waals surface area contributed by atoms with Crippen LogP contribution in [0.1, 0.15) is 36.8 Å². The maximum absolute atomic E-state index is 12.6. The van der Waals surface area contributed by atoms with Crippen LogP contribution in [0.25, 0.3) is 0 Å². The lowest BCUT2D eigenvalue weighted by Crippen LogP contribution is -2.53. The van der Waals surface area contributed by atoms with E-state index in [2.05, 4.69) is 15.7 Å². The molecule has 1 heterocycles. The van der Waals surface area contributed by atoms with Gasteiger partial charge in [-0.25, -0.2) is 14.6 Å². The number of hydrogen-bond acceptors (Lipinski definition) is 8. The number of carbonyl (C=O) groups excluding carboxylic acids is 2. The second-order valence-electron chi connectivity index (χ2n) is 9.53. The predicted molar refractivity (Wildman–Crippen MR) is 142 cm³/mol. The van der Waals surface area contributed by atoms with Crippen molar-refractivity contribution in [2.24, 2.45) is 0 Å². The van der Waals surface area contributed by atoms with E-state index in [1.54, 1.807) is 37.5 Å². The van der Waals surface area contributed by atoms with Gasteiger partial charge in [-0.2, -0.15) is 0 Å². The van der Waals surface area contributed by atoms with Gasteiger partial charge in [0, 0.05) is 19.3 Å². The van der Waals surface area contributed by atoms with Crippen LogP contribution in [-0.4, -0.2) is 51.6 Å². The van der Waals surface area contributed by atoms with Crippen LogP contribution in [0, 0.1) is 0 Å². The number of aromatic nitrogens is 1. The quantitative estimate of drug-likeness (QED) is 0.320. The van der Waals surface area contributed by atoms with Gasteiger partial charge >= 0.3 is 12.2 Å². The van der Waals surface area contributed by atoms with Crippen LogP contribution in [0.4, 0.5) is 9.59 Å². The van der Waals surface area contributed by atoms with Crippen LogP contribution in [0.5, 0.6) is 0 Å². The number of benzene rings is 2. The summed E-state index contributed by atoms with van der Waals surface area (Å²) in [5, 5.41) is 15.6. The van der Waals surface area contributed by atoms with Gasteiger partial charge in [-0.05, 0) is 38.3 Å². The molecule has 0 spiro atoms. The number of carbonyl (C=O) groups is 2. The predicted octanol–water partition coefficient (Wildman–Crippen LogP) is 4.28. The fourth-order valence-corrected chi connectivity index (χ4v) is 4.04. The Morgan fingerprint density at radius 2 is 1.68 bits per heavy atom. The third-order valence-corrected chi connectivity index (χ3v) is 5.92. The number of nitrogens with one attached hydrogen (secondary N) is 2. The van der Waals surface area contributed by atoms with Gasteiger partial charge in [0.1, 0.15) is 12.2 Å². The third kappa shape index (κ3) is 10.6. The number of aliphatic hydroxyl groups excluding tert-OH is 1. The van der Waals surface area contributed by atoms with E-state index in [1.807, 2.05) is 60.7 Å². The molecule has 2 aromatic carbocycles. The standard InChI is InChI=1S/C27H34N4O5S/c1-27(2,3)36-26(34)30-31(16-21-12-8-5-9-13-21)17-24(32)23(14-20-10-6-4-7-11-20)29-25(33)35-18-22-15-28-19-37-22/h4-13,15,19,23-24,32H,14,16-18H2,1-3H3,(H,29,33)(H,30,34)/t23-,24-/m0/s1. The molecule has 3 aromatic rings. The fraction of sp³-hybridized carbons (Fsp3) is 0.370. The molecule has 0 unspecified atom stereocenters. The van der Waals surface area contributed by atoms with Crippen molar-refractivity contribution in [2.45, 2.75) is 58.1 Å². The van der Waals surface area contributed by atoms with Crippen LogP contribution in [-0.2, 0) is 29.0 Å². The minimum absolute atomic E-state index is 0.0285. The summed E-state index contributed by atoms with van der Waals surface area (Å²) in [7, 11) is 0. The topological polar surface area (TPSA) is 113 Å². The second kappa shape index (κ2) is 13.7. The molecule has 9 nitrogen and oxygen atoms in total. The lowest BCUT2D eigenvalue weighted by Gasteiger charge is -2.31. The Balaban J connectivity index is 1.72. The van der Waals surface area contributed by atoms with Gasteiger partial charge in [-0.1, -0.05) is 60.7 Å². The largest absolute Gasteiger partial charge is 0.444 e. The van der Waals surface area contributed by atoms with Crippen LogP contribution in [0.15, 0.2) is 72.4 Å². The summed E-state index contributed by atoms with van der Waals surface area (Å²) >= 11 is 1.39. The number of alkyl carbamates (subject to hydrolysis) is 1. The Hall–Kier alpha value is -3.47. The number of rotatable bonds is 11. The van der Waals surface area contributed by atoms with Crippen molar-refractivity contribution in [3.05, 3.63) is 88.4 Å². The highest BCUT2D eigenvalue weighted by molar-refractivity contribution is 7.09. The minimum Gasteiger partial charge on any atom is -0.444 e. The zero-order chi connectivity index (χ0) is 26.7. The normalized spacial score (nSPS) is 13.0. The van der Waals surface area contributed by atoms with Crippen molar-refractivity contribution in [1.29, 1.82) is 0 Å². The molecule has 0 aliphatic rings. The Kier molecular flexibility index (Phi) is 10.4.